The van der Waals surface area contributed by atoms with Crippen molar-refractivity contribution in [1.29, 1.82) is 0 Å². The van der Waals surface area contributed by atoms with Gasteiger partial charge in [-0.3, -0.25) is 0 Å². The standard InChI is InChI=1S/C62H51BN4S2/c1-60(2,3)35-18-20-36(21-19-35)67-50-33-56-42(43-27-45-46(30-55(43)69-56)62(6,7)25-24-61(45,4)5)26-40(50)38-22-23-39-41-29-54-44(37-16-12-13-17-53(37)68-54)28-49(41)66-51-32-52-48(31-47(51)63(67)57(38)58(39)66)64-59(65(52)8)34-14-10-9-11-15-34/h9-23,26-33H,24-25H2,1-8H3. The van der Waals surface area contributed by atoms with E-state index in [1.54, 1.807) is 0 Å². The first-order valence-corrected chi connectivity index (χ1v) is 26.3. The Bertz CT molecular complexity index is 4250. The number of thiophene rings is 2. The summed E-state index contributed by atoms with van der Waals surface area (Å²) in [7, 11) is 2.18. The van der Waals surface area contributed by atoms with Crippen LogP contribution >= 0.6 is 22.7 Å². The second kappa shape index (κ2) is 13.3. The predicted octanol–water partition coefficient (Wildman–Crippen LogP) is 16.0. The molecule has 0 spiro atoms. The summed E-state index contributed by atoms with van der Waals surface area (Å²) in [5, 5.41) is 7.99. The molecule has 0 saturated heterocycles. The lowest BCUT2D eigenvalue weighted by Gasteiger charge is -2.42. The van der Waals surface area contributed by atoms with Crippen molar-refractivity contribution in [1.82, 2.24) is 14.1 Å². The number of aryl methyl sites for hydroxylation is 1. The molecule has 0 unspecified atom stereocenters. The molecule has 8 aromatic carbocycles. The van der Waals surface area contributed by atoms with Crippen molar-refractivity contribution >= 4 is 125 Å². The average Bonchev–Trinajstić information content (AvgIpc) is 4.08. The molecule has 0 atom stereocenters. The zero-order valence-corrected chi connectivity index (χ0v) is 42.0. The molecule has 3 aliphatic rings. The summed E-state index contributed by atoms with van der Waals surface area (Å²) >= 11 is 3.87. The SMILES string of the molecule is Cn1c(-c2ccccc2)nc2cc3c(cc21)-n1c2cc4c(cc2c2ccc5c(c21)B3N(c1ccc(C(C)(C)C)cc1)c1cc2sc3cc6c(cc3c2cc1-5)C(C)(C)CCC6(C)C)sc1ccccc14. The van der Waals surface area contributed by atoms with E-state index in [1.165, 1.54) is 131 Å². The Labute approximate surface area is 410 Å². The molecular weight excluding hydrogens is 876 g/mol. The summed E-state index contributed by atoms with van der Waals surface area (Å²) in [6, 6.07) is 54.1. The van der Waals surface area contributed by atoms with Gasteiger partial charge in [-0.05, 0) is 129 Å². The van der Waals surface area contributed by atoms with Crippen molar-refractivity contribution in [3.8, 4) is 28.2 Å². The van der Waals surface area contributed by atoms with Crippen LogP contribution in [0.2, 0.25) is 0 Å². The summed E-state index contributed by atoms with van der Waals surface area (Å²) in [5.74, 6) is 0.976. The molecule has 12 aromatic rings. The molecule has 0 N–H and O–H groups in total. The fourth-order valence-electron chi connectivity index (χ4n) is 12.9. The molecule has 0 bridgehead atoms. The van der Waals surface area contributed by atoms with Gasteiger partial charge in [0.15, 0.2) is 0 Å². The molecule has 69 heavy (non-hydrogen) atoms. The average molecular weight is 927 g/mol. The lowest BCUT2D eigenvalue weighted by molar-refractivity contribution is 0.332. The summed E-state index contributed by atoms with van der Waals surface area (Å²) in [4.78, 5) is 8.16. The van der Waals surface area contributed by atoms with Crippen molar-refractivity contribution in [2.24, 2.45) is 7.05 Å². The van der Waals surface area contributed by atoms with Gasteiger partial charge in [-0.25, -0.2) is 4.98 Å². The van der Waals surface area contributed by atoms with E-state index in [-0.39, 0.29) is 23.1 Å². The number of rotatable bonds is 2. The van der Waals surface area contributed by atoms with Crippen LogP contribution in [-0.2, 0) is 23.3 Å². The third kappa shape index (κ3) is 5.38. The number of benzene rings is 8. The van der Waals surface area contributed by atoms with Crippen molar-refractivity contribution in [2.75, 3.05) is 4.81 Å². The Morgan fingerprint density at radius 3 is 2.03 bits per heavy atom. The van der Waals surface area contributed by atoms with Crippen LogP contribution in [0, 0.1) is 0 Å². The maximum atomic E-state index is 5.46. The summed E-state index contributed by atoms with van der Waals surface area (Å²) in [5.41, 5.74) is 19.4. The van der Waals surface area contributed by atoms with E-state index in [4.69, 9.17) is 4.98 Å². The van der Waals surface area contributed by atoms with Gasteiger partial charge in [-0.2, -0.15) is 0 Å². The van der Waals surface area contributed by atoms with E-state index in [1.807, 2.05) is 22.7 Å². The number of anilines is 2. The van der Waals surface area contributed by atoms with E-state index in [9.17, 15) is 0 Å². The summed E-state index contributed by atoms with van der Waals surface area (Å²) in [6.45, 7) is 16.6. The van der Waals surface area contributed by atoms with Crippen LogP contribution in [0.15, 0.2) is 140 Å². The number of fused-ring (bicyclic) bond motifs is 16. The second-order valence-electron chi connectivity index (χ2n) is 22.7. The summed E-state index contributed by atoms with van der Waals surface area (Å²) in [6.07, 6.45) is 2.41. The molecule has 0 fully saturated rings. The summed E-state index contributed by atoms with van der Waals surface area (Å²) < 4.78 is 10.3. The molecule has 0 saturated carbocycles. The van der Waals surface area contributed by atoms with Crippen LogP contribution in [0.25, 0.3) is 101 Å². The van der Waals surface area contributed by atoms with E-state index < -0.39 is 0 Å². The molecule has 4 nitrogen and oxygen atoms in total. The minimum atomic E-state index is -0.113. The van der Waals surface area contributed by atoms with Gasteiger partial charge < -0.3 is 13.9 Å². The highest BCUT2D eigenvalue weighted by molar-refractivity contribution is 7.26. The van der Waals surface area contributed by atoms with Gasteiger partial charge in [0.1, 0.15) is 5.82 Å². The Hall–Kier alpha value is -6.67. The van der Waals surface area contributed by atoms with Crippen molar-refractivity contribution < 1.29 is 0 Å². The van der Waals surface area contributed by atoms with Gasteiger partial charge >= 0.3 is 6.85 Å². The van der Waals surface area contributed by atoms with Crippen LogP contribution < -0.4 is 15.7 Å². The Morgan fingerprint density at radius 2 is 1.25 bits per heavy atom. The normalized spacial score (nSPS) is 15.9. The first kappa shape index (κ1) is 40.2. The van der Waals surface area contributed by atoms with Crippen LogP contribution in [0.1, 0.15) is 78.0 Å². The van der Waals surface area contributed by atoms with Crippen molar-refractivity contribution in [2.45, 2.75) is 77.6 Å². The second-order valence-corrected chi connectivity index (χ2v) is 24.8. The van der Waals surface area contributed by atoms with Gasteiger partial charge in [0.2, 0.25) is 0 Å². The molecule has 0 radical (unpaired) electrons. The maximum absolute atomic E-state index is 5.46. The van der Waals surface area contributed by atoms with Crippen LogP contribution in [0.3, 0.4) is 0 Å². The van der Waals surface area contributed by atoms with Gasteiger partial charge in [-0.1, -0.05) is 121 Å². The highest BCUT2D eigenvalue weighted by atomic mass is 32.1. The lowest BCUT2D eigenvalue weighted by atomic mass is 9.44. The zero-order chi connectivity index (χ0) is 46.6. The van der Waals surface area contributed by atoms with E-state index >= 15 is 0 Å². The third-order valence-corrected chi connectivity index (χ3v) is 19.0. The number of imidazole rings is 1. The first-order valence-electron chi connectivity index (χ1n) is 24.7. The lowest BCUT2D eigenvalue weighted by Crippen LogP contribution is -2.60. The molecular formula is C62H51BN4S2. The van der Waals surface area contributed by atoms with Gasteiger partial charge in [0.25, 0.3) is 0 Å². The molecule has 7 heteroatoms. The third-order valence-electron chi connectivity index (χ3n) is 16.7. The quantitative estimate of drug-likeness (QED) is 0.161. The highest BCUT2D eigenvalue weighted by Gasteiger charge is 2.45. The predicted molar refractivity (Wildman–Crippen MR) is 299 cm³/mol. The molecule has 334 valence electrons. The molecule has 1 aliphatic carbocycles. The van der Waals surface area contributed by atoms with Gasteiger partial charge in [0, 0.05) is 86.4 Å². The van der Waals surface area contributed by atoms with Gasteiger partial charge in [0.05, 0.1) is 22.1 Å². The Kier molecular flexibility index (Phi) is 7.79. The first-order chi connectivity index (χ1) is 33.2. The van der Waals surface area contributed by atoms with E-state index in [2.05, 4.69) is 209 Å². The van der Waals surface area contributed by atoms with Gasteiger partial charge in [-0.15, -0.1) is 22.7 Å². The van der Waals surface area contributed by atoms with Crippen LogP contribution in [0.4, 0.5) is 11.4 Å². The maximum Gasteiger partial charge on any atom is 0.333 e. The van der Waals surface area contributed by atoms with Crippen molar-refractivity contribution in [3.05, 3.63) is 156 Å². The van der Waals surface area contributed by atoms with Crippen molar-refractivity contribution in [3.63, 3.8) is 0 Å². The molecule has 4 aromatic heterocycles. The van der Waals surface area contributed by atoms with E-state index in [0.29, 0.717) is 0 Å². The number of nitrogens with zero attached hydrogens (tertiary/aromatic N) is 4. The molecule has 0 amide bonds. The molecule has 6 heterocycles. The number of hydrogen-bond acceptors (Lipinski definition) is 4. The van der Waals surface area contributed by atoms with Crippen LogP contribution in [0.5, 0.6) is 0 Å². The Morgan fingerprint density at radius 1 is 0.565 bits per heavy atom. The number of hydrogen-bond donors (Lipinski definition) is 0. The minimum Gasteiger partial charge on any atom is -0.376 e. The smallest absolute Gasteiger partial charge is 0.333 e. The number of aromatic nitrogens is 3. The fraction of sp³-hybridized carbons (Fsp3) is 0.210. The topological polar surface area (TPSA) is 26.0 Å². The monoisotopic (exact) mass is 926 g/mol. The highest BCUT2D eigenvalue weighted by Crippen LogP contribution is 2.53. The largest absolute Gasteiger partial charge is 0.376 e. The minimum absolute atomic E-state index is 0.0289. The van der Waals surface area contributed by atoms with E-state index in [0.717, 1.165) is 22.4 Å². The molecule has 2 aliphatic heterocycles. The molecule has 15 rings (SSSR count). The van der Waals surface area contributed by atoms with Crippen LogP contribution in [-0.4, -0.2) is 21.0 Å². The fourth-order valence-corrected chi connectivity index (χ4v) is 15.1. The Balaban J connectivity index is 1.08. The zero-order valence-electron chi connectivity index (χ0n) is 40.4.